The first kappa shape index (κ1) is 14.5. The largest absolute Gasteiger partial charge is 0.396 e. The van der Waals surface area contributed by atoms with E-state index >= 15 is 0 Å². The fraction of sp³-hybridized carbons (Fsp3) is 0.364. The molecule has 1 aromatic carbocycles. The number of carbonyl (C=O) groups excluding carboxylic acids is 1. The van der Waals surface area contributed by atoms with Gasteiger partial charge in [0.05, 0.1) is 5.75 Å². The van der Waals surface area contributed by atoms with Gasteiger partial charge in [-0.2, -0.15) is 0 Å². The van der Waals surface area contributed by atoms with Crippen molar-refractivity contribution in [3.05, 3.63) is 24.3 Å². The Bertz CT molecular complexity index is 496. The maximum Gasteiger partial charge on any atom is 0.232 e. The standard InChI is InChI=1S/C11H16N2O4S/c1-9(15)12-10-3-5-11(6-4-10)13-18(16,17)8-2-7-14/h3-6,13-14H,2,7-8H2,1H3,(H,12,15). The van der Waals surface area contributed by atoms with Gasteiger partial charge in [0.25, 0.3) is 0 Å². The Hall–Kier alpha value is -1.60. The second-order valence-electron chi connectivity index (χ2n) is 3.76. The zero-order chi connectivity index (χ0) is 13.6. The van der Waals surface area contributed by atoms with Gasteiger partial charge in [-0.15, -0.1) is 0 Å². The summed E-state index contributed by atoms with van der Waals surface area (Å²) >= 11 is 0. The van der Waals surface area contributed by atoms with Crippen molar-refractivity contribution in [3.8, 4) is 0 Å². The average molecular weight is 272 g/mol. The van der Waals surface area contributed by atoms with Crippen molar-refractivity contribution in [2.45, 2.75) is 13.3 Å². The molecule has 0 saturated heterocycles. The highest BCUT2D eigenvalue weighted by Crippen LogP contribution is 2.15. The highest BCUT2D eigenvalue weighted by atomic mass is 32.2. The van der Waals surface area contributed by atoms with Gasteiger partial charge >= 0.3 is 0 Å². The van der Waals surface area contributed by atoms with Gasteiger partial charge in [0.1, 0.15) is 0 Å². The van der Waals surface area contributed by atoms with E-state index in [0.717, 1.165) is 0 Å². The summed E-state index contributed by atoms with van der Waals surface area (Å²) in [4.78, 5) is 10.8. The van der Waals surface area contributed by atoms with Gasteiger partial charge in [-0.1, -0.05) is 0 Å². The first-order chi connectivity index (χ1) is 8.43. The lowest BCUT2D eigenvalue weighted by Gasteiger charge is -2.08. The summed E-state index contributed by atoms with van der Waals surface area (Å²) in [6.07, 6.45) is 0.194. The van der Waals surface area contributed by atoms with Crippen molar-refractivity contribution in [1.29, 1.82) is 0 Å². The predicted octanol–water partition coefficient (Wildman–Crippen LogP) is 0.769. The molecule has 0 radical (unpaired) electrons. The SMILES string of the molecule is CC(=O)Nc1ccc(NS(=O)(=O)CCCO)cc1. The van der Waals surface area contributed by atoms with Crippen molar-refractivity contribution >= 4 is 27.3 Å². The third-order valence-corrected chi connectivity index (χ3v) is 3.42. The summed E-state index contributed by atoms with van der Waals surface area (Å²) in [5, 5.41) is 11.2. The van der Waals surface area contributed by atoms with E-state index in [4.69, 9.17) is 5.11 Å². The number of anilines is 2. The molecule has 18 heavy (non-hydrogen) atoms. The van der Waals surface area contributed by atoms with Crippen LogP contribution in [-0.4, -0.2) is 31.8 Å². The average Bonchev–Trinajstić information content (AvgIpc) is 2.28. The lowest BCUT2D eigenvalue weighted by atomic mass is 10.3. The number of aliphatic hydroxyl groups excluding tert-OH is 1. The molecule has 0 heterocycles. The van der Waals surface area contributed by atoms with Gasteiger partial charge in [-0.25, -0.2) is 8.42 Å². The van der Waals surface area contributed by atoms with Crippen LogP contribution >= 0.6 is 0 Å². The van der Waals surface area contributed by atoms with E-state index in [9.17, 15) is 13.2 Å². The second-order valence-corrected chi connectivity index (χ2v) is 5.60. The molecule has 0 aliphatic heterocycles. The first-order valence-electron chi connectivity index (χ1n) is 5.42. The number of amides is 1. The molecule has 0 aromatic heterocycles. The molecule has 1 rings (SSSR count). The van der Waals surface area contributed by atoms with Crippen LogP contribution in [0.3, 0.4) is 0 Å². The molecule has 0 fully saturated rings. The second kappa shape index (κ2) is 6.36. The van der Waals surface area contributed by atoms with Gasteiger partial charge in [0, 0.05) is 24.9 Å². The minimum atomic E-state index is -3.43. The van der Waals surface area contributed by atoms with Crippen LogP contribution in [0.15, 0.2) is 24.3 Å². The molecule has 0 unspecified atom stereocenters. The molecule has 100 valence electrons. The van der Waals surface area contributed by atoms with E-state index in [0.29, 0.717) is 11.4 Å². The molecule has 3 N–H and O–H groups in total. The van der Waals surface area contributed by atoms with Crippen LogP contribution in [0, 0.1) is 0 Å². The summed E-state index contributed by atoms with van der Waals surface area (Å²) in [6, 6.07) is 6.32. The maximum absolute atomic E-state index is 11.5. The smallest absolute Gasteiger partial charge is 0.232 e. The zero-order valence-corrected chi connectivity index (χ0v) is 10.8. The lowest BCUT2D eigenvalue weighted by molar-refractivity contribution is -0.114. The highest BCUT2D eigenvalue weighted by molar-refractivity contribution is 7.92. The minimum absolute atomic E-state index is 0.128. The molecule has 7 heteroatoms. The summed E-state index contributed by atoms with van der Waals surface area (Å²) in [5.74, 6) is -0.317. The van der Waals surface area contributed by atoms with Gasteiger partial charge in [-0.05, 0) is 30.7 Å². The minimum Gasteiger partial charge on any atom is -0.396 e. The maximum atomic E-state index is 11.5. The summed E-state index contributed by atoms with van der Waals surface area (Å²) < 4.78 is 25.4. The Morgan fingerprint density at radius 2 is 1.78 bits per heavy atom. The van der Waals surface area contributed by atoms with Crippen LogP contribution in [0.25, 0.3) is 0 Å². The fourth-order valence-corrected chi connectivity index (χ4v) is 2.42. The Kier molecular flexibility index (Phi) is 5.11. The van der Waals surface area contributed by atoms with E-state index in [-0.39, 0.29) is 24.7 Å². The van der Waals surface area contributed by atoms with Crippen molar-refractivity contribution in [2.75, 3.05) is 22.4 Å². The Morgan fingerprint density at radius 3 is 2.28 bits per heavy atom. The molecular formula is C11H16N2O4S. The molecule has 6 nitrogen and oxygen atoms in total. The molecule has 0 aliphatic rings. The highest BCUT2D eigenvalue weighted by Gasteiger charge is 2.09. The number of carbonyl (C=O) groups is 1. The normalized spacial score (nSPS) is 11.0. The van der Waals surface area contributed by atoms with Crippen LogP contribution in [0.4, 0.5) is 11.4 Å². The Labute approximate surface area is 106 Å². The predicted molar refractivity (Wildman–Crippen MR) is 69.9 cm³/mol. The van der Waals surface area contributed by atoms with Crippen molar-refractivity contribution < 1.29 is 18.3 Å². The number of hydrogen-bond donors (Lipinski definition) is 3. The Balaban J connectivity index is 2.66. The first-order valence-corrected chi connectivity index (χ1v) is 7.07. The number of rotatable bonds is 6. The quantitative estimate of drug-likeness (QED) is 0.712. The number of nitrogens with one attached hydrogen (secondary N) is 2. The zero-order valence-electron chi connectivity index (χ0n) is 10.0. The van der Waals surface area contributed by atoms with Crippen LogP contribution < -0.4 is 10.0 Å². The molecule has 0 bridgehead atoms. The molecule has 1 aromatic rings. The molecule has 0 spiro atoms. The van der Waals surface area contributed by atoms with Gasteiger partial charge < -0.3 is 10.4 Å². The van der Waals surface area contributed by atoms with E-state index in [1.807, 2.05) is 0 Å². The lowest BCUT2D eigenvalue weighted by Crippen LogP contribution is -2.17. The van der Waals surface area contributed by atoms with E-state index in [1.54, 1.807) is 24.3 Å². The third kappa shape index (κ3) is 5.15. The van der Waals surface area contributed by atoms with Crippen LogP contribution in [-0.2, 0) is 14.8 Å². The number of aliphatic hydroxyl groups is 1. The fourth-order valence-electron chi connectivity index (χ4n) is 1.31. The molecule has 0 atom stereocenters. The summed E-state index contributed by atoms with van der Waals surface area (Å²) in [7, 11) is -3.43. The molecule has 1 amide bonds. The van der Waals surface area contributed by atoms with Gasteiger partial charge in [0.15, 0.2) is 0 Å². The van der Waals surface area contributed by atoms with E-state index in [1.165, 1.54) is 6.92 Å². The number of benzene rings is 1. The van der Waals surface area contributed by atoms with E-state index in [2.05, 4.69) is 10.0 Å². The van der Waals surface area contributed by atoms with Gasteiger partial charge in [-0.3, -0.25) is 9.52 Å². The topological polar surface area (TPSA) is 95.5 Å². The van der Waals surface area contributed by atoms with Crippen LogP contribution in [0.2, 0.25) is 0 Å². The van der Waals surface area contributed by atoms with Crippen molar-refractivity contribution in [1.82, 2.24) is 0 Å². The number of sulfonamides is 1. The molecule has 0 aliphatic carbocycles. The van der Waals surface area contributed by atoms with Crippen LogP contribution in [0.1, 0.15) is 13.3 Å². The van der Waals surface area contributed by atoms with Gasteiger partial charge in [0.2, 0.25) is 15.9 Å². The number of hydrogen-bond acceptors (Lipinski definition) is 4. The van der Waals surface area contributed by atoms with Crippen molar-refractivity contribution in [3.63, 3.8) is 0 Å². The third-order valence-electron chi connectivity index (χ3n) is 2.05. The van der Waals surface area contributed by atoms with Crippen LogP contribution in [0.5, 0.6) is 0 Å². The summed E-state index contributed by atoms with van der Waals surface area (Å²) in [5.41, 5.74) is 1.02. The molecule has 0 saturated carbocycles. The molecular weight excluding hydrogens is 256 g/mol. The van der Waals surface area contributed by atoms with Crippen molar-refractivity contribution in [2.24, 2.45) is 0 Å². The monoisotopic (exact) mass is 272 g/mol. The van der Waals surface area contributed by atoms with E-state index < -0.39 is 10.0 Å². The summed E-state index contributed by atoms with van der Waals surface area (Å²) in [6.45, 7) is 1.23. The Morgan fingerprint density at radius 1 is 1.22 bits per heavy atom.